The molecule has 1 aromatic carbocycles. The van der Waals surface area contributed by atoms with Crippen LogP contribution in [0.1, 0.15) is 106 Å². The lowest BCUT2D eigenvalue weighted by Gasteiger charge is -2.46. The summed E-state index contributed by atoms with van der Waals surface area (Å²) in [6.07, 6.45) is 21.7. The van der Waals surface area contributed by atoms with E-state index in [0.717, 1.165) is 30.5 Å². The average Bonchev–Trinajstić information content (AvgIpc) is 2.89. The van der Waals surface area contributed by atoms with Crippen LogP contribution in [0.15, 0.2) is 70.4 Å². The Morgan fingerprint density at radius 2 is 1.79 bits per heavy atom. The number of terminal acetylenes is 1. The molecule has 39 heavy (non-hydrogen) atoms. The Labute approximate surface area is 239 Å². The van der Waals surface area contributed by atoms with Crippen molar-refractivity contribution in [3.8, 4) is 12.3 Å². The topological polar surface area (TPSA) is 29.1 Å². The first-order valence-corrected chi connectivity index (χ1v) is 14.7. The van der Waals surface area contributed by atoms with Crippen LogP contribution in [-0.2, 0) is 4.79 Å². The second-order valence-electron chi connectivity index (χ2n) is 12.2. The molecule has 0 aliphatic heterocycles. The Morgan fingerprint density at radius 3 is 2.44 bits per heavy atom. The highest BCUT2D eigenvalue weighted by molar-refractivity contribution is 6.07. The van der Waals surface area contributed by atoms with Crippen molar-refractivity contribution in [1.29, 1.82) is 0 Å². The first-order valence-electron chi connectivity index (χ1n) is 14.7. The molecule has 0 fully saturated rings. The zero-order chi connectivity index (χ0) is 29.4. The van der Waals surface area contributed by atoms with Gasteiger partial charge in [-0.2, -0.15) is 0 Å². The van der Waals surface area contributed by atoms with E-state index in [0.29, 0.717) is 11.5 Å². The number of nitrogens with one attached hydrogen (secondary N) is 1. The molecule has 210 valence electrons. The van der Waals surface area contributed by atoms with Crippen molar-refractivity contribution in [2.24, 2.45) is 16.7 Å². The van der Waals surface area contributed by atoms with Gasteiger partial charge in [-0.1, -0.05) is 108 Å². The van der Waals surface area contributed by atoms with Crippen LogP contribution < -0.4 is 5.32 Å². The standard InChI is InChI=1S/C35H45NO.C2H6/c1-10-12-13-28-22-30(17-15-25(28)4)36-33(37)27(11-2)16-14-24(3)20-29-23-32-31(21-26(29)5)34(6,7)18-19-35(32,8)9;1-2/h2,12-17,22-23,26H,10,18-21H2,1,3-9H3,(H,36,37);1-2H3/b13-12-,24-14+,27-16+;. The molecule has 0 aromatic heterocycles. The molecule has 0 saturated heterocycles. The van der Waals surface area contributed by atoms with E-state index in [1.165, 1.54) is 29.6 Å². The smallest absolute Gasteiger partial charge is 0.264 e. The van der Waals surface area contributed by atoms with E-state index in [1.807, 2.05) is 38.1 Å². The SMILES string of the molecule is C#C/C(=C\C=C(/C)CC1=CC2=C(CC1C)C(C)(C)CCC2(C)C)C(=O)Nc1ccc(C)c(/C=C\CC)c1.CC. The van der Waals surface area contributed by atoms with Crippen LogP contribution in [0.3, 0.4) is 0 Å². The van der Waals surface area contributed by atoms with Crippen LogP contribution in [0.2, 0.25) is 0 Å². The van der Waals surface area contributed by atoms with Crippen LogP contribution in [0, 0.1) is 36.0 Å². The summed E-state index contributed by atoms with van der Waals surface area (Å²) in [5, 5.41) is 2.97. The highest BCUT2D eigenvalue weighted by Crippen LogP contribution is 2.54. The molecule has 0 saturated carbocycles. The van der Waals surface area contributed by atoms with Gasteiger partial charge in [0.05, 0.1) is 5.57 Å². The Bertz CT molecular complexity index is 1240. The van der Waals surface area contributed by atoms with E-state index < -0.39 is 0 Å². The van der Waals surface area contributed by atoms with Crippen LogP contribution in [-0.4, -0.2) is 5.91 Å². The van der Waals surface area contributed by atoms with Crippen molar-refractivity contribution >= 4 is 17.7 Å². The zero-order valence-electron chi connectivity index (χ0n) is 26.2. The maximum absolute atomic E-state index is 12.9. The van der Waals surface area contributed by atoms with Gasteiger partial charge in [0.2, 0.25) is 0 Å². The number of amides is 1. The summed E-state index contributed by atoms with van der Waals surface area (Å²) in [5.74, 6) is 2.84. The third-order valence-corrected chi connectivity index (χ3v) is 8.21. The lowest BCUT2D eigenvalue weighted by Crippen LogP contribution is -2.33. The molecule has 1 unspecified atom stereocenters. The van der Waals surface area contributed by atoms with Gasteiger partial charge in [-0.25, -0.2) is 0 Å². The molecule has 0 bridgehead atoms. The van der Waals surface area contributed by atoms with Gasteiger partial charge in [0, 0.05) is 5.69 Å². The van der Waals surface area contributed by atoms with Crippen molar-refractivity contribution in [3.63, 3.8) is 0 Å². The van der Waals surface area contributed by atoms with E-state index in [-0.39, 0.29) is 16.7 Å². The monoisotopic (exact) mass is 525 g/mol. The van der Waals surface area contributed by atoms with Gasteiger partial charge >= 0.3 is 0 Å². The number of aryl methyl sites for hydroxylation is 1. The molecule has 2 heteroatoms. The predicted octanol–water partition coefficient (Wildman–Crippen LogP) is 10.4. The summed E-state index contributed by atoms with van der Waals surface area (Å²) >= 11 is 0. The van der Waals surface area contributed by atoms with Gasteiger partial charge in [0.15, 0.2) is 0 Å². The second kappa shape index (κ2) is 13.8. The number of hydrogen-bond donors (Lipinski definition) is 1. The number of benzene rings is 1. The molecule has 2 aliphatic carbocycles. The largest absolute Gasteiger partial charge is 0.321 e. The molecule has 0 heterocycles. The number of allylic oxidation sites excluding steroid dienone is 8. The van der Waals surface area contributed by atoms with E-state index in [4.69, 9.17) is 6.42 Å². The molecule has 1 amide bonds. The number of rotatable bonds is 7. The van der Waals surface area contributed by atoms with Gasteiger partial charge in [-0.05, 0) is 97.6 Å². The number of carbonyl (C=O) groups excluding carboxylic acids is 1. The highest BCUT2D eigenvalue weighted by Gasteiger charge is 2.40. The molecule has 1 aromatic rings. The van der Waals surface area contributed by atoms with Crippen molar-refractivity contribution in [2.75, 3.05) is 5.32 Å². The summed E-state index contributed by atoms with van der Waals surface area (Å²) in [7, 11) is 0. The zero-order valence-corrected chi connectivity index (χ0v) is 26.2. The fraction of sp³-hybridized carbons (Fsp3) is 0.486. The van der Waals surface area contributed by atoms with E-state index >= 15 is 0 Å². The Morgan fingerprint density at radius 1 is 1.13 bits per heavy atom. The van der Waals surface area contributed by atoms with Crippen LogP contribution in [0.5, 0.6) is 0 Å². The maximum atomic E-state index is 12.9. The Balaban J connectivity index is 0.00000260. The summed E-state index contributed by atoms with van der Waals surface area (Å²) in [4.78, 5) is 12.9. The Hall–Kier alpha value is -3.05. The number of anilines is 1. The quantitative estimate of drug-likeness (QED) is 0.214. The van der Waals surface area contributed by atoms with Crippen LogP contribution in [0.25, 0.3) is 6.08 Å². The van der Waals surface area contributed by atoms with Crippen molar-refractivity contribution in [1.82, 2.24) is 0 Å². The fourth-order valence-corrected chi connectivity index (χ4v) is 5.48. The van der Waals surface area contributed by atoms with Crippen LogP contribution in [0.4, 0.5) is 5.69 Å². The van der Waals surface area contributed by atoms with Crippen molar-refractivity contribution < 1.29 is 4.79 Å². The molecule has 0 spiro atoms. The fourth-order valence-electron chi connectivity index (χ4n) is 5.48. The summed E-state index contributed by atoms with van der Waals surface area (Å²) < 4.78 is 0. The van der Waals surface area contributed by atoms with E-state index in [2.05, 4.69) is 84.9 Å². The minimum absolute atomic E-state index is 0.227. The number of carbonyl (C=O) groups is 1. The minimum atomic E-state index is -0.257. The average molecular weight is 526 g/mol. The minimum Gasteiger partial charge on any atom is -0.321 e. The van der Waals surface area contributed by atoms with Crippen LogP contribution >= 0.6 is 0 Å². The predicted molar refractivity (Wildman–Crippen MR) is 171 cm³/mol. The first kappa shape index (κ1) is 32.2. The lowest BCUT2D eigenvalue weighted by molar-refractivity contribution is -0.112. The molecule has 2 nitrogen and oxygen atoms in total. The molecule has 0 radical (unpaired) electrons. The molecular formula is C37H51NO. The molecule has 3 rings (SSSR count). The summed E-state index contributed by atoms with van der Waals surface area (Å²) in [6.45, 7) is 22.2. The Kier molecular flexibility index (Phi) is 11.4. The third-order valence-electron chi connectivity index (χ3n) is 8.21. The van der Waals surface area contributed by atoms with Gasteiger partial charge in [-0.3, -0.25) is 4.79 Å². The molecule has 2 aliphatic rings. The van der Waals surface area contributed by atoms with E-state index in [1.54, 1.807) is 17.2 Å². The maximum Gasteiger partial charge on any atom is 0.264 e. The molecule has 1 atom stereocenters. The van der Waals surface area contributed by atoms with Crippen molar-refractivity contribution in [3.05, 3.63) is 81.5 Å². The van der Waals surface area contributed by atoms with Gasteiger partial charge < -0.3 is 5.32 Å². The van der Waals surface area contributed by atoms with Gasteiger partial charge in [0.1, 0.15) is 0 Å². The first-order chi connectivity index (χ1) is 18.4. The normalized spacial score (nSPS) is 20.4. The van der Waals surface area contributed by atoms with Gasteiger partial charge in [-0.15, -0.1) is 6.42 Å². The third kappa shape index (κ3) is 8.22. The highest BCUT2D eigenvalue weighted by atomic mass is 16.1. The lowest BCUT2D eigenvalue weighted by atomic mass is 9.59. The molecule has 1 N–H and O–H groups in total. The van der Waals surface area contributed by atoms with Crippen molar-refractivity contribution in [2.45, 2.75) is 101 Å². The van der Waals surface area contributed by atoms with E-state index in [9.17, 15) is 4.79 Å². The second-order valence-corrected chi connectivity index (χ2v) is 12.2. The van der Waals surface area contributed by atoms with Gasteiger partial charge in [0.25, 0.3) is 5.91 Å². The summed E-state index contributed by atoms with van der Waals surface area (Å²) in [5.41, 5.74) is 9.74. The summed E-state index contributed by atoms with van der Waals surface area (Å²) in [6, 6.07) is 5.92. The number of hydrogen-bond acceptors (Lipinski definition) is 1. The molecular weight excluding hydrogens is 474 g/mol.